The molecule has 0 unspecified atom stereocenters. The number of hydrogen-bond acceptors (Lipinski definition) is 4. The second-order valence-corrected chi connectivity index (χ2v) is 3.99. The number of hydrogen-bond donors (Lipinski definition) is 1. The Morgan fingerprint density at radius 2 is 2.12 bits per heavy atom. The molecule has 0 spiro atoms. The highest BCUT2D eigenvalue weighted by Crippen LogP contribution is 2.06. The van der Waals surface area contributed by atoms with Crippen molar-refractivity contribution in [1.29, 1.82) is 0 Å². The van der Waals surface area contributed by atoms with E-state index in [9.17, 15) is 0 Å². The van der Waals surface area contributed by atoms with Gasteiger partial charge >= 0.3 is 0 Å². The van der Waals surface area contributed by atoms with Crippen LogP contribution in [0.4, 0.5) is 5.82 Å². The summed E-state index contributed by atoms with van der Waals surface area (Å²) < 4.78 is 5.44. The lowest BCUT2D eigenvalue weighted by molar-refractivity contribution is 0.0870. The zero-order valence-corrected chi connectivity index (χ0v) is 10.6. The third-order valence-corrected chi connectivity index (χ3v) is 2.11. The van der Waals surface area contributed by atoms with Crippen molar-refractivity contribution in [2.45, 2.75) is 40.2 Å². The van der Waals surface area contributed by atoms with Gasteiger partial charge < -0.3 is 10.1 Å². The summed E-state index contributed by atoms with van der Waals surface area (Å²) in [7, 11) is 0. The number of ether oxygens (including phenoxy) is 1. The fraction of sp³-hybridized carbons (Fsp3) is 0.667. The molecule has 90 valence electrons. The molecule has 0 bridgehead atoms. The van der Waals surface area contributed by atoms with Gasteiger partial charge in [-0.1, -0.05) is 6.92 Å². The van der Waals surface area contributed by atoms with Gasteiger partial charge in [0.1, 0.15) is 11.6 Å². The highest BCUT2D eigenvalue weighted by molar-refractivity contribution is 5.35. The molecule has 1 N–H and O–H groups in total. The van der Waals surface area contributed by atoms with Crippen molar-refractivity contribution in [3.8, 4) is 0 Å². The maximum Gasteiger partial charge on any atom is 0.130 e. The van der Waals surface area contributed by atoms with Gasteiger partial charge in [-0.3, -0.25) is 0 Å². The lowest BCUT2D eigenvalue weighted by atomic mass is 10.3. The second kappa shape index (κ2) is 6.43. The third-order valence-electron chi connectivity index (χ3n) is 2.11. The van der Waals surface area contributed by atoms with Crippen LogP contribution in [0.25, 0.3) is 0 Å². The molecule has 0 fully saturated rings. The van der Waals surface area contributed by atoms with Gasteiger partial charge in [0.05, 0.1) is 12.7 Å². The van der Waals surface area contributed by atoms with Crippen LogP contribution in [0.15, 0.2) is 6.07 Å². The molecule has 0 saturated carbocycles. The van der Waals surface area contributed by atoms with E-state index in [4.69, 9.17) is 4.74 Å². The van der Waals surface area contributed by atoms with Crippen molar-refractivity contribution >= 4 is 5.82 Å². The van der Waals surface area contributed by atoms with E-state index in [-0.39, 0.29) is 6.10 Å². The lowest BCUT2D eigenvalue weighted by Crippen LogP contribution is -2.14. The Morgan fingerprint density at radius 3 is 2.75 bits per heavy atom. The van der Waals surface area contributed by atoms with E-state index < -0.39 is 0 Å². The topological polar surface area (TPSA) is 47.0 Å². The Morgan fingerprint density at radius 1 is 1.38 bits per heavy atom. The van der Waals surface area contributed by atoms with Crippen molar-refractivity contribution < 1.29 is 4.74 Å². The summed E-state index contributed by atoms with van der Waals surface area (Å²) in [6.45, 7) is 9.54. The fourth-order valence-corrected chi connectivity index (χ4v) is 1.37. The van der Waals surface area contributed by atoms with Crippen LogP contribution in [0, 0.1) is 6.92 Å². The molecule has 0 atom stereocenters. The minimum atomic E-state index is 0.278. The van der Waals surface area contributed by atoms with E-state index in [1.54, 1.807) is 0 Å². The molecule has 1 heterocycles. The molecule has 0 aliphatic rings. The van der Waals surface area contributed by atoms with Crippen LogP contribution in [0.5, 0.6) is 0 Å². The number of nitrogens with zero attached hydrogens (tertiary/aromatic N) is 2. The second-order valence-electron chi connectivity index (χ2n) is 3.99. The van der Waals surface area contributed by atoms with Gasteiger partial charge in [0, 0.05) is 18.3 Å². The number of aryl methyl sites for hydroxylation is 2. The van der Waals surface area contributed by atoms with Gasteiger partial charge in [-0.25, -0.2) is 9.97 Å². The van der Waals surface area contributed by atoms with Gasteiger partial charge in [0.15, 0.2) is 0 Å². The third kappa shape index (κ3) is 4.57. The summed E-state index contributed by atoms with van der Waals surface area (Å²) in [5.74, 6) is 1.70. The molecule has 16 heavy (non-hydrogen) atoms. The molecule has 1 aromatic rings. The zero-order chi connectivity index (χ0) is 12.0. The molecule has 0 radical (unpaired) electrons. The average molecular weight is 223 g/mol. The van der Waals surface area contributed by atoms with E-state index in [1.807, 2.05) is 26.8 Å². The smallest absolute Gasteiger partial charge is 0.130 e. The van der Waals surface area contributed by atoms with E-state index in [0.29, 0.717) is 6.61 Å². The van der Waals surface area contributed by atoms with Gasteiger partial charge in [0.25, 0.3) is 0 Å². The molecular weight excluding hydrogens is 202 g/mol. The van der Waals surface area contributed by atoms with Gasteiger partial charge in [-0.15, -0.1) is 0 Å². The Kier molecular flexibility index (Phi) is 5.19. The van der Waals surface area contributed by atoms with Crippen LogP contribution in [0.1, 0.15) is 32.3 Å². The Labute approximate surface area is 97.5 Å². The summed E-state index contributed by atoms with van der Waals surface area (Å²) in [5.41, 5.74) is 1.07. The van der Waals surface area contributed by atoms with Gasteiger partial charge in [-0.05, 0) is 27.2 Å². The SMILES string of the molecule is CCc1cc(NCCOC(C)C)nc(C)n1. The molecule has 0 aliphatic carbocycles. The number of nitrogens with one attached hydrogen (secondary N) is 1. The Bertz CT molecular complexity index is 326. The molecule has 0 amide bonds. The van der Waals surface area contributed by atoms with E-state index in [2.05, 4.69) is 22.2 Å². The van der Waals surface area contributed by atoms with E-state index in [0.717, 1.165) is 30.3 Å². The maximum atomic E-state index is 5.44. The molecule has 0 aromatic carbocycles. The summed E-state index contributed by atoms with van der Waals surface area (Å²) in [6, 6.07) is 1.99. The van der Waals surface area contributed by atoms with Crippen molar-refractivity contribution in [2.24, 2.45) is 0 Å². The minimum Gasteiger partial charge on any atom is -0.377 e. The first-order valence-corrected chi connectivity index (χ1v) is 5.82. The van der Waals surface area contributed by atoms with Crippen LogP contribution in [-0.2, 0) is 11.2 Å². The summed E-state index contributed by atoms with van der Waals surface area (Å²) in [5, 5.41) is 3.24. The molecule has 1 rings (SSSR count). The van der Waals surface area contributed by atoms with Gasteiger partial charge in [-0.2, -0.15) is 0 Å². The highest BCUT2D eigenvalue weighted by atomic mass is 16.5. The molecule has 4 nitrogen and oxygen atoms in total. The maximum absolute atomic E-state index is 5.44. The summed E-state index contributed by atoms with van der Waals surface area (Å²) in [6.07, 6.45) is 1.21. The fourth-order valence-electron chi connectivity index (χ4n) is 1.37. The predicted molar refractivity (Wildman–Crippen MR) is 65.7 cm³/mol. The summed E-state index contributed by atoms with van der Waals surface area (Å²) in [4.78, 5) is 8.65. The zero-order valence-electron chi connectivity index (χ0n) is 10.6. The van der Waals surface area contributed by atoms with Crippen LogP contribution in [0.2, 0.25) is 0 Å². The number of rotatable bonds is 6. The summed E-state index contributed by atoms with van der Waals surface area (Å²) >= 11 is 0. The molecular formula is C12H21N3O. The molecule has 4 heteroatoms. The Balaban J connectivity index is 2.44. The monoisotopic (exact) mass is 223 g/mol. The standard InChI is InChI=1S/C12H21N3O/c1-5-11-8-12(15-10(4)14-11)13-6-7-16-9(2)3/h8-9H,5-7H2,1-4H3,(H,13,14,15). The van der Waals surface area contributed by atoms with Crippen molar-refractivity contribution in [3.63, 3.8) is 0 Å². The molecule has 1 aromatic heterocycles. The van der Waals surface area contributed by atoms with Crippen LogP contribution >= 0.6 is 0 Å². The lowest BCUT2D eigenvalue weighted by Gasteiger charge is -2.10. The molecule has 0 aliphatic heterocycles. The highest BCUT2D eigenvalue weighted by Gasteiger charge is 2.00. The van der Waals surface area contributed by atoms with E-state index in [1.165, 1.54) is 0 Å². The number of aromatic nitrogens is 2. The van der Waals surface area contributed by atoms with Crippen LogP contribution < -0.4 is 5.32 Å². The van der Waals surface area contributed by atoms with E-state index >= 15 is 0 Å². The first-order valence-electron chi connectivity index (χ1n) is 5.82. The van der Waals surface area contributed by atoms with Gasteiger partial charge in [0.2, 0.25) is 0 Å². The van der Waals surface area contributed by atoms with Crippen LogP contribution in [-0.4, -0.2) is 29.2 Å². The normalized spacial score (nSPS) is 10.8. The first-order chi connectivity index (χ1) is 7.61. The van der Waals surface area contributed by atoms with Crippen LogP contribution in [0.3, 0.4) is 0 Å². The largest absolute Gasteiger partial charge is 0.377 e. The quantitative estimate of drug-likeness (QED) is 0.751. The number of anilines is 1. The molecule has 0 saturated heterocycles. The minimum absolute atomic E-state index is 0.278. The van der Waals surface area contributed by atoms with Crippen molar-refractivity contribution in [3.05, 3.63) is 17.6 Å². The van der Waals surface area contributed by atoms with Crippen molar-refractivity contribution in [1.82, 2.24) is 9.97 Å². The predicted octanol–water partition coefficient (Wildman–Crippen LogP) is 2.18. The first kappa shape index (κ1) is 12.9. The van der Waals surface area contributed by atoms with Crippen molar-refractivity contribution in [2.75, 3.05) is 18.5 Å². The Hall–Kier alpha value is -1.16. The average Bonchev–Trinajstić information content (AvgIpc) is 2.23.